The molecule has 2 aromatic rings. The van der Waals surface area contributed by atoms with E-state index in [1.165, 1.54) is 9.87 Å². The van der Waals surface area contributed by atoms with Crippen LogP contribution in [0.4, 0.5) is 11.4 Å². The molecule has 0 bridgehead atoms. The van der Waals surface area contributed by atoms with E-state index in [0.29, 0.717) is 24.5 Å². The minimum Gasteiger partial charge on any atom is -0.376 e. The normalized spacial score (nSPS) is 17.1. The zero-order valence-corrected chi connectivity index (χ0v) is 15.9. The number of hydrogen-bond donors (Lipinski definition) is 1. The standard InChI is InChI=1S/C20H23N3O3S/c24-20(23-14-11-16-5-1-2-6-19(16)23)15-21-17-7-9-18(10-8-17)27(25,26)22-12-3-4-13-22/h1-2,5-10,21H,3-4,11-15H2. The van der Waals surface area contributed by atoms with Gasteiger partial charge in [0, 0.05) is 31.0 Å². The first-order valence-corrected chi connectivity index (χ1v) is 10.7. The molecule has 1 N–H and O–H groups in total. The molecule has 0 aliphatic carbocycles. The highest BCUT2D eigenvalue weighted by Crippen LogP contribution is 2.27. The van der Waals surface area contributed by atoms with E-state index < -0.39 is 10.0 Å². The van der Waals surface area contributed by atoms with Gasteiger partial charge in [-0.25, -0.2) is 8.42 Å². The fraction of sp³-hybridized carbons (Fsp3) is 0.350. The van der Waals surface area contributed by atoms with Gasteiger partial charge in [-0.2, -0.15) is 4.31 Å². The molecule has 0 radical (unpaired) electrons. The molecule has 0 spiro atoms. The minimum atomic E-state index is -3.40. The second-order valence-electron chi connectivity index (χ2n) is 6.91. The van der Waals surface area contributed by atoms with Crippen LogP contribution in [0.3, 0.4) is 0 Å². The van der Waals surface area contributed by atoms with E-state index in [1.807, 2.05) is 18.2 Å². The number of nitrogens with one attached hydrogen (secondary N) is 1. The first kappa shape index (κ1) is 18.0. The zero-order valence-electron chi connectivity index (χ0n) is 15.1. The molecule has 2 aromatic carbocycles. The molecule has 0 unspecified atom stereocenters. The summed E-state index contributed by atoms with van der Waals surface area (Å²) in [6.45, 7) is 2.06. The molecule has 6 nitrogen and oxygen atoms in total. The zero-order chi connectivity index (χ0) is 18.9. The Morgan fingerprint density at radius 1 is 0.963 bits per heavy atom. The topological polar surface area (TPSA) is 69.7 Å². The highest BCUT2D eigenvalue weighted by Gasteiger charge is 2.27. The molecule has 2 aliphatic heterocycles. The van der Waals surface area contributed by atoms with Gasteiger partial charge in [-0.15, -0.1) is 0 Å². The third-order valence-corrected chi connectivity index (χ3v) is 7.10. The predicted octanol–water partition coefficient (Wildman–Crippen LogP) is 2.47. The van der Waals surface area contributed by atoms with Crippen molar-refractivity contribution < 1.29 is 13.2 Å². The van der Waals surface area contributed by atoms with Crippen molar-refractivity contribution in [3.8, 4) is 0 Å². The lowest BCUT2D eigenvalue weighted by atomic mass is 10.2. The average molecular weight is 385 g/mol. The lowest BCUT2D eigenvalue weighted by Crippen LogP contribution is -2.34. The Hall–Kier alpha value is -2.38. The number of sulfonamides is 1. The second kappa shape index (κ2) is 7.32. The van der Waals surface area contributed by atoms with Crippen molar-refractivity contribution in [3.63, 3.8) is 0 Å². The Morgan fingerprint density at radius 3 is 2.41 bits per heavy atom. The molecule has 1 saturated heterocycles. The molecular formula is C20H23N3O3S. The summed E-state index contributed by atoms with van der Waals surface area (Å²) in [4.78, 5) is 14.6. The minimum absolute atomic E-state index is 0.00807. The summed E-state index contributed by atoms with van der Waals surface area (Å²) in [5, 5.41) is 3.10. The first-order valence-electron chi connectivity index (χ1n) is 9.28. The van der Waals surface area contributed by atoms with Gasteiger partial charge in [0.05, 0.1) is 11.4 Å². The fourth-order valence-corrected chi connectivity index (χ4v) is 5.21. The van der Waals surface area contributed by atoms with Gasteiger partial charge >= 0.3 is 0 Å². The summed E-state index contributed by atoms with van der Waals surface area (Å²) < 4.78 is 26.6. The summed E-state index contributed by atoms with van der Waals surface area (Å²) in [6, 6.07) is 14.6. The van der Waals surface area contributed by atoms with Crippen molar-refractivity contribution in [1.29, 1.82) is 0 Å². The lowest BCUT2D eigenvalue weighted by Gasteiger charge is -2.18. The summed E-state index contributed by atoms with van der Waals surface area (Å²) >= 11 is 0. The van der Waals surface area contributed by atoms with Gasteiger partial charge in [-0.1, -0.05) is 18.2 Å². The Morgan fingerprint density at radius 2 is 1.67 bits per heavy atom. The van der Waals surface area contributed by atoms with Crippen molar-refractivity contribution in [2.75, 3.05) is 36.4 Å². The molecule has 0 atom stereocenters. The highest BCUT2D eigenvalue weighted by molar-refractivity contribution is 7.89. The van der Waals surface area contributed by atoms with Crippen LogP contribution in [0.15, 0.2) is 53.4 Å². The lowest BCUT2D eigenvalue weighted by molar-refractivity contribution is -0.116. The number of fused-ring (bicyclic) bond motifs is 1. The van der Waals surface area contributed by atoms with Crippen LogP contribution in [-0.2, 0) is 21.2 Å². The van der Waals surface area contributed by atoms with Crippen LogP contribution in [-0.4, -0.2) is 44.8 Å². The van der Waals surface area contributed by atoms with Gasteiger partial charge in [0.15, 0.2) is 0 Å². The van der Waals surface area contributed by atoms with Crippen LogP contribution in [0.1, 0.15) is 18.4 Å². The largest absolute Gasteiger partial charge is 0.376 e. The summed E-state index contributed by atoms with van der Waals surface area (Å²) in [5.41, 5.74) is 2.91. The Labute approximate surface area is 159 Å². The number of hydrogen-bond acceptors (Lipinski definition) is 4. The monoisotopic (exact) mass is 385 g/mol. The average Bonchev–Trinajstić information content (AvgIpc) is 3.36. The van der Waals surface area contributed by atoms with Crippen molar-refractivity contribution in [1.82, 2.24) is 4.31 Å². The maximum Gasteiger partial charge on any atom is 0.246 e. The van der Waals surface area contributed by atoms with Crippen molar-refractivity contribution in [2.24, 2.45) is 0 Å². The Bertz CT molecular complexity index is 935. The molecule has 0 aromatic heterocycles. The van der Waals surface area contributed by atoms with Crippen LogP contribution >= 0.6 is 0 Å². The van der Waals surface area contributed by atoms with Crippen LogP contribution in [0.25, 0.3) is 0 Å². The number of nitrogens with zero attached hydrogens (tertiary/aromatic N) is 2. The van der Waals surface area contributed by atoms with Crippen molar-refractivity contribution in [3.05, 3.63) is 54.1 Å². The van der Waals surface area contributed by atoms with E-state index in [9.17, 15) is 13.2 Å². The van der Waals surface area contributed by atoms with E-state index >= 15 is 0 Å². The molecule has 27 heavy (non-hydrogen) atoms. The number of para-hydroxylation sites is 1. The number of amides is 1. The SMILES string of the molecule is O=C(CNc1ccc(S(=O)(=O)N2CCCC2)cc1)N1CCc2ccccc21. The quantitative estimate of drug-likeness (QED) is 0.858. The Kier molecular flexibility index (Phi) is 4.88. The third-order valence-electron chi connectivity index (χ3n) is 5.19. The van der Waals surface area contributed by atoms with E-state index in [2.05, 4.69) is 11.4 Å². The summed E-state index contributed by atoms with van der Waals surface area (Å²) in [6.07, 6.45) is 2.71. The van der Waals surface area contributed by atoms with Gasteiger partial charge in [0.1, 0.15) is 0 Å². The predicted molar refractivity (Wildman–Crippen MR) is 105 cm³/mol. The van der Waals surface area contributed by atoms with Crippen LogP contribution in [0.2, 0.25) is 0 Å². The van der Waals surface area contributed by atoms with Gasteiger partial charge < -0.3 is 10.2 Å². The maximum atomic E-state index is 12.5. The molecule has 2 aliphatic rings. The molecule has 7 heteroatoms. The van der Waals surface area contributed by atoms with E-state index in [1.54, 1.807) is 29.2 Å². The van der Waals surface area contributed by atoms with Gasteiger partial charge in [-0.3, -0.25) is 4.79 Å². The summed E-state index contributed by atoms with van der Waals surface area (Å²) in [7, 11) is -3.40. The highest BCUT2D eigenvalue weighted by atomic mass is 32.2. The van der Waals surface area contributed by atoms with Crippen LogP contribution in [0.5, 0.6) is 0 Å². The molecular weight excluding hydrogens is 362 g/mol. The second-order valence-corrected chi connectivity index (χ2v) is 8.85. The van der Waals surface area contributed by atoms with E-state index in [0.717, 1.165) is 30.6 Å². The van der Waals surface area contributed by atoms with Gasteiger partial charge in [-0.05, 0) is 55.2 Å². The molecule has 0 saturated carbocycles. The van der Waals surface area contributed by atoms with Crippen LogP contribution < -0.4 is 10.2 Å². The van der Waals surface area contributed by atoms with Crippen LogP contribution in [0, 0.1) is 0 Å². The molecule has 1 fully saturated rings. The molecule has 142 valence electrons. The number of anilines is 2. The van der Waals surface area contributed by atoms with E-state index in [-0.39, 0.29) is 12.5 Å². The number of benzene rings is 2. The van der Waals surface area contributed by atoms with E-state index in [4.69, 9.17) is 0 Å². The van der Waals surface area contributed by atoms with Crippen molar-refractivity contribution in [2.45, 2.75) is 24.2 Å². The van der Waals surface area contributed by atoms with Gasteiger partial charge in [0.25, 0.3) is 0 Å². The molecule has 1 amide bonds. The van der Waals surface area contributed by atoms with Gasteiger partial charge in [0.2, 0.25) is 15.9 Å². The molecule has 2 heterocycles. The van der Waals surface area contributed by atoms with Crippen molar-refractivity contribution >= 4 is 27.3 Å². The fourth-order valence-electron chi connectivity index (χ4n) is 3.69. The number of rotatable bonds is 5. The maximum absolute atomic E-state index is 12.5. The first-order chi connectivity index (χ1) is 13.1. The number of carbonyl (C=O) groups excluding carboxylic acids is 1. The third kappa shape index (κ3) is 3.57. The summed E-state index contributed by atoms with van der Waals surface area (Å²) in [5.74, 6) is 0.00807. The molecule has 4 rings (SSSR count). The number of carbonyl (C=O) groups is 1. The smallest absolute Gasteiger partial charge is 0.246 e. The Balaban J connectivity index is 1.39.